The molecule has 0 saturated carbocycles. The van der Waals surface area contributed by atoms with E-state index in [1.54, 1.807) is 75.7 Å². The lowest BCUT2D eigenvalue weighted by atomic mass is 9.97. The summed E-state index contributed by atoms with van der Waals surface area (Å²) in [6.07, 6.45) is 4.66. The Hall–Kier alpha value is -9.42. The molecule has 31 heteroatoms. The van der Waals surface area contributed by atoms with Crippen LogP contribution in [0.4, 0.5) is 0 Å². The quantitative estimate of drug-likeness (QED) is 0.0134. The number of thioether (sulfide) groups is 1. The van der Waals surface area contributed by atoms with Crippen molar-refractivity contribution < 1.29 is 53.1 Å². The Morgan fingerprint density at radius 2 is 1.08 bits per heavy atom. The average molecular weight is 1290 g/mol. The summed E-state index contributed by atoms with van der Waals surface area (Å²) in [6.45, 7) is 8.51. The number of guanidine groups is 3. The molecular weight excluding hydrogens is 1190 g/mol. The number of hydrogen-bond donors (Lipinski definition) is 17. The molecule has 0 aliphatic rings. The molecule has 24 N–H and O–H groups in total. The predicted octanol–water partition coefficient (Wildman–Crippen LogP) is -1.44. The van der Waals surface area contributed by atoms with E-state index in [0.29, 0.717) is 34.2 Å². The first-order valence-corrected chi connectivity index (χ1v) is 31.4. The normalized spacial score (nSPS) is 14.2. The van der Waals surface area contributed by atoms with Crippen LogP contribution in [0.5, 0.6) is 0 Å². The summed E-state index contributed by atoms with van der Waals surface area (Å²) in [5.41, 5.74) is 40.7. The molecule has 0 aliphatic carbocycles. The zero-order valence-corrected chi connectivity index (χ0v) is 53.4. The Morgan fingerprint density at radius 3 is 1.64 bits per heavy atom. The van der Waals surface area contributed by atoms with Gasteiger partial charge in [0.05, 0.1) is 6.42 Å². The van der Waals surface area contributed by atoms with Crippen molar-refractivity contribution in [3.05, 3.63) is 83.7 Å². The van der Waals surface area contributed by atoms with E-state index in [-0.39, 0.29) is 107 Å². The van der Waals surface area contributed by atoms with Gasteiger partial charge in [0.2, 0.25) is 47.3 Å². The summed E-state index contributed by atoms with van der Waals surface area (Å²) in [4.78, 5) is 154. The number of rotatable bonds is 41. The number of aliphatic imine (C=N–C) groups is 3. The van der Waals surface area contributed by atoms with Gasteiger partial charge in [-0.3, -0.25) is 62.9 Å². The lowest BCUT2D eigenvalue weighted by molar-refractivity contribution is -0.141. The molecule has 3 rings (SSSR count). The average Bonchev–Trinajstić information content (AvgIpc) is 1.97. The van der Waals surface area contributed by atoms with E-state index in [9.17, 15) is 53.1 Å². The third-order valence-corrected chi connectivity index (χ3v) is 15.0. The molecule has 2 aromatic carbocycles. The van der Waals surface area contributed by atoms with E-state index < -0.39 is 119 Å². The van der Waals surface area contributed by atoms with Crippen LogP contribution in [-0.2, 0) is 60.8 Å². The van der Waals surface area contributed by atoms with Gasteiger partial charge in [0.25, 0.3) is 5.91 Å². The molecular formula is C60H93N19O11S. The van der Waals surface area contributed by atoms with Crippen LogP contribution in [0.25, 0.3) is 10.9 Å². The molecule has 0 saturated heterocycles. The number of carboxylic acid groups (broad SMARTS) is 1. The van der Waals surface area contributed by atoms with E-state index >= 15 is 0 Å². The highest BCUT2D eigenvalue weighted by Crippen LogP contribution is 2.20. The molecule has 0 spiro atoms. The number of carbonyl (C=O) groups excluding carboxylic acids is 9. The summed E-state index contributed by atoms with van der Waals surface area (Å²) in [6, 6.07) is 6.85. The molecule has 0 unspecified atom stereocenters. The third-order valence-electron chi connectivity index (χ3n) is 14.4. The van der Waals surface area contributed by atoms with Crippen LogP contribution in [0.3, 0.4) is 0 Å². The minimum absolute atomic E-state index is 0.00399. The van der Waals surface area contributed by atoms with Gasteiger partial charge in [0, 0.05) is 55.5 Å². The van der Waals surface area contributed by atoms with Crippen molar-refractivity contribution in [2.24, 2.45) is 72.9 Å². The fourth-order valence-electron chi connectivity index (χ4n) is 9.34. The van der Waals surface area contributed by atoms with Gasteiger partial charge in [-0.25, -0.2) is 0 Å². The van der Waals surface area contributed by atoms with Gasteiger partial charge in [0.15, 0.2) is 17.9 Å². The van der Waals surface area contributed by atoms with Crippen LogP contribution in [0.2, 0.25) is 0 Å². The number of aliphatic carboxylic acids is 1. The highest BCUT2D eigenvalue weighted by atomic mass is 32.2. The molecule has 0 fully saturated rings. The Labute approximate surface area is 533 Å². The molecule has 91 heavy (non-hydrogen) atoms. The van der Waals surface area contributed by atoms with Crippen molar-refractivity contribution >= 4 is 99.7 Å². The summed E-state index contributed by atoms with van der Waals surface area (Å²) >= 11 is 1.38. The number of para-hydroxylation sites is 1. The second kappa shape index (κ2) is 39.6. The maximum atomic E-state index is 15.0. The van der Waals surface area contributed by atoms with Crippen LogP contribution in [0, 0.1) is 17.8 Å². The second-order valence-electron chi connectivity index (χ2n) is 22.4. The van der Waals surface area contributed by atoms with Crippen LogP contribution < -0.4 is 82.7 Å². The first-order valence-electron chi connectivity index (χ1n) is 30.0. The summed E-state index contributed by atoms with van der Waals surface area (Å²) in [7, 11) is 0. The number of amides is 9. The molecule has 500 valence electrons. The number of carbonyl (C=O) groups is 10. The number of aromatic nitrogens is 1. The molecule has 30 nitrogen and oxygen atoms in total. The van der Waals surface area contributed by atoms with Crippen molar-refractivity contribution in [3.8, 4) is 0 Å². The van der Waals surface area contributed by atoms with Gasteiger partial charge < -0.3 is 92.8 Å². The minimum atomic E-state index is -1.49. The van der Waals surface area contributed by atoms with Gasteiger partial charge in [-0.15, -0.1) is 0 Å². The maximum absolute atomic E-state index is 15.0. The van der Waals surface area contributed by atoms with Crippen molar-refractivity contribution in [1.82, 2.24) is 47.5 Å². The summed E-state index contributed by atoms with van der Waals surface area (Å²) in [5.74, 6) is -10.6. The number of hydrogen-bond acceptors (Lipinski definition) is 14. The topological polar surface area (TPSA) is 522 Å². The molecule has 1 heterocycles. The Morgan fingerprint density at radius 1 is 0.582 bits per heavy atom. The van der Waals surface area contributed by atoms with Crippen molar-refractivity contribution in [2.75, 3.05) is 31.6 Å². The number of nitrogens with two attached hydrogens (primary N) is 7. The number of benzene rings is 2. The molecule has 0 bridgehead atoms. The van der Waals surface area contributed by atoms with Gasteiger partial charge in [0.1, 0.15) is 48.0 Å². The SMILES string of the molecule is CC[C@H](C)[C@H](NC(=O)[C@H](Cc1ccccc1)NC(=O)[C@H](CCSC)NC(=O)[C@H](Cc1c[nH]c2ccccc12)NC(=O)/C(=C\CCN=C(N)N)NC(=O)[C@H](CCCN=C(N)N)NC(=O)[C@H](CC(C)C)NC(=O)[C@H](CCCN=C(N)N)NC(=O)[C@@H](C)CC(=O)O)C(N)=O. The lowest BCUT2D eigenvalue weighted by Crippen LogP contribution is -2.59. The number of carboxylic acids is 1. The predicted molar refractivity (Wildman–Crippen MR) is 350 cm³/mol. The van der Waals surface area contributed by atoms with Gasteiger partial charge >= 0.3 is 5.97 Å². The number of nitrogens with zero attached hydrogens (tertiary/aromatic N) is 3. The Kier molecular flexibility index (Phi) is 33.0. The molecule has 9 atom stereocenters. The highest BCUT2D eigenvalue weighted by Gasteiger charge is 2.35. The zero-order valence-electron chi connectivity index (χ0n) is 52.6. The monoisotopic (exact) mass is 1290 g/mol. The summed E-state index contributed by atoms with van der Waals surface area (Å²) in [5, 5.41) is 31.7. The van der Waals surface area contributed by atoms with Gasteiger partial charge in [-0.1, -0.05) is 95.6 Å². The number of aromatic amines is 1. The lowest BCUT2D eigenvalue weighted by Gasteiger charge is -2.28. The van der Waals surface area contributed by atoms with E-state index in [1.165, 1.54) is 24.8 Å². The molecule has 0 radical (unpaired) electrons. The number of primary amides is 1. The van der Waals surface area contributed by atoms with Crippen LogP contribution in [0.1, 0.15) is 104 Å². The van der Waals surface area contributed by atoms with Gasteiger partial charge in [-0.2, -0.15) is 11.8 Å². The maximum Gasteiger partial charge on any atom is 0.304 e. The smallest absolute Gasteiger partial charge is 0.304 e. The Bertz CT molecular complexity index is 3050. The fourth-order valence-corrected chi connectivity index (χ4v) is 9.81. The van der Waals surface area contributed by atoms with E-state index in [2.05, 4.69) is 62.5 Å². The van der Waals surface area contributed by atoms with E-state index in [1.807, 2.05) is 19.1 Å². The third kappa shape index (κ3) is 27.9. The zero-order chi connectivity index (χ0) is 67.7. The molecule has 1 aromatic heterocycles. The van der Waals surface area contributed by atoms with Crippen LogP contribution >= 0.6 is 11.8 Å². The first kappa shape index (κ1) is 75.8. The number of nitrogens with one attached hydrogen (secondary N) is 9. The largest absolute Gasteiger partial charge is 0.481 e. The van der Waals surface area contributed by atoms with Gasteiger partial charge in [-0.05, 0) is 86.0 Å². The highest BCUT2D eigenvalue weighted by molar-refractivity contribution is 7.98. The van der Waals surface area contributed by atoms with Crippen molar-refractivity contribution in [3.63, 3.8) is 0 Å². The first-order chi connectivity index (χ1) is 43.1. The second-order valence-corrected chi connectivity index (χ2v) is 23.4. The molecule has 0 aliphatic heterocycles. The fraction of sp³-hybridized carbons (Fsp3) is 0.517. The summed E-state index contributed by atoms with van der Waals surface area (Å²) < 4.78 is 0. The van der Waals surface area contributed by atoms with E-state index in [4.69, 9.17) is 40.1 Å². The molecule has 3 aromatic rings. The van der Waals surface area contributed by atoms with Crippen molar-refractivity contribution in [1.29, 1.82) is 0 Å². The Balaban J connectivity index is 2.11. The number of fused-ring (bicyclic) bond motifs is 1. The standard InChI is InChI=1S/C60H93N19O11S/c1-7-34(4)48(49(61)82)79-57(90)45(30-36-16-9-8-10-17-36)77-54(87)43(23-27-91-6)75-56(89)46(31-37-32-71-39-19-12-11-18-38(37)39)78-53(86)42(22-15-26-70-60(66)67)73-51(84)41(21-14-25-69-59(64)65)74-55(88)44(28-33(2)3)76-52(85)40(20-13-24-68-58(62)63)72-50(83)35(5)29-47(80)81/h8-12,16-19,22,32-35,40-41,43-46,48,71H,7,13-15,20-21,23-31H2,1-6H3,(H2,61,82)(H,72,83)(H,73,84)(H,74,88)(H,75,89)(H,76,85)(H,77,87)(H,78,86)(H,79,90)(H,80,81)(H4,62,63,68)(H4,64,65,69)(H4,66,67,70)/b42-22+/t34-,35-,40-,41-,43-,44-,45-,46-,48-/m0/s1. The van der Waals surface area contributed by atoms with Crippen LogP contribution in [0.15, 0.2) is 87.5 Å². The van der Waals surface area contributed by atoms with Crippen molar-refractivity contribution in [2.45, 2.75) is 148 Å². The van der Waals surface area contributed by atoms with Crippen LogP contribution in [-0.4, -0.2) is 161 Å². The molecule has 9 amide bonds. The van der Waals surface area contributed by atoms with E-state index in [0.717, 1.165) is 0 Å². The number of H-pyrrole nitrogens is 1. The minimum Gasteiger partial charge on any atom is -0.481 e.